The van der Waals surface area contributed by atoms with E-state index < -0.39 is 5.97 Å². The molecule has 0 aliphatic rings. The van der Waals surface area contributed by atoms with Crippen LogP contribution in [-0.4, -0.2) is 5.97 Å². The molecule has 2 rings (SSSR count). The molecule has 0 amide bonds. The lowest BCUT2D eigenvalue weighted by atomic mass is 10.2. The number of esters is 1. The molecule has 0 unspecified atom stereocenters. The predicted octanol–water partition coefficient (Wildman–Crippen LogP) is 5.24. The monoisotopic (exact) mass is 363 g/mol. The van der Waals surface area contributed by atoms with E-state index in [1.807, 2.05) is 0 Å². The van der Waals surface area contributed by atoms with Crippen LogP contribution in [0.3, 0.4) is 0 Å². The van der Waals surface area contributed by atoms with Crippen LogP contribution in [0.1, 0.15) is 15.9 Å². The van der Waals surface area contributed by atoms with Crippen LogP contribution in [0.5, 0.6) is 0 Å². The van der Waals surface area contributed by atoms with E-state index in [1.54, 1.807) is 18.2 Å². The fourth-order valence-electron chi connectivity index (χ4n) is 1.64. The number of anilines is 1. The van der Waals surface area contributed by atoms with Gasteiger partial charge in [-0.2, -0.15) is 0 Å². The summed E-state index contributed by atoms with van der Waals surface area (Å²) in [7, 11) is 0. The minimum Gasteiger partial charge on any atom is -0.457 e. The zero-order chi connectivity index (χ0) is 15.6. The second kappa shape index (κ2) is 6.75. The molecule has 110 valence electrons. The number of hydrogen-bond acceptors (Lipinski definition) is 3. The average molecular weight is 365 g/mol. The minimum absolute atomic E-state index is 0.0832. The van der Waals surface area contributed by atoms with Crippen LogP contribution in [0, 0.1) is 0 Å². The Morgan fingerprint density at radius 1 is 1.05 bits per heavy atom. The molecule has 0 fully saturated rings. The van der Waals surface area contributed by atoms with Crippen molar-refractivity contribution in [2.75, 3.05) is 5.73 Å². The molecule has 0 radical (unpaired) electrons. The van der Waals surface area contributed by atoms with Gasteiger partial charge in [-0.3, -0.25) is 0 Å². The van der Waals surface area contributed by atoms with E-state index in [9.17, 15) is 4.79 Å². The van der Waals surface area contributed by atoms with Gasteiger partial charge in [-0.1, -0.05) is 52.5 Å². The van der Waals surface area contributed by atoms with Crippen molar-refractivity contribution in [3.05, 3.63) is 61.5 Å². The maximum Gasteiger partial charge on any atom is 0.340 e. The smallest absolute Gasteiger partial charge is 0.340 e. The standard InChI is InChI=1S/C14H9Cl4NO2/c15-10-2-1-3-11(16)9(10)6-21-14(20)8-4-7(19)5-12(17)13(8)18/h1-5H,6,19H2. The summed E-state index contributed by atoms with van der Waals surface area (Å²) in [5.41, 5.74) is 6.54. The number of benzene rings is 2. The van der Waals surface area contributed by atoms with Gasteiger partial charge in [0.25, 0.3) is 0 Å². The van der Waals surface area contributed by atoms with Gasteiger partial charge in [0.1, 0.15) is 6.61 Å². The first-order valence-corrected chi connectivity index (χ1v) is 7.26. The molecule has 0 aromatic heterocycles. The topological polar surface area (TPSA) is 52.3 Å². The number of carbonyl (C=O) groups is 1. The number of nitrogens with two attached hydrogens (primary N) is 1. The number of hydrogen-bond donors (Lipinski definition) is 1. The van der Waals surface area contributed by atoms with Gasteiger partial charge in [-0.15, -0.1) is 0 Å². The Balaban J connectivity index is 2.20. The first-order chi connectivity index (χ1) is 9.90. The summed E-state index contributed by atoms with van der Waals surface area (Å²) in [5.74, 6) is -0.662. The average Bonchev–Trinajstić information content (AvgIpc) is 2.42. The molecule has 7 heteroatoms. The molecule has 0 atom stereocenters. The predicted molar refractivity (Wildman–Crippen MR) is 86.5 cm³/mol. The van der Waals surface area contributed by atoms with Crippen molar-refractivity contribution in [2.24, 2.45) is 0 Å². The molecule has 0 saturated heterocycles. The third-order valence-corrected chi connectivity index (χ3v) is 4.19. The highest BCUT2D eigenvalue weighted by atomic mass is 35.5. The largest absolute Gasteiger partial charge is 0.457 e. The molecule has 0 aliphatic heterocycles. The van der Waals surface area contributed by atoms with Crippen molar-refractivity contribution in [1.29, 1.82) is 0 Å². The molecule has 0 saturated carbocycles. The van der Waals surface area contributed by atoms with Gasteiger partial charge < -0.3 is 10.5 Å². The summed E-state index contributed by atoms with van der Waals surface area (Å²) in [5, 5.41) is 1.08. The van der Waals surface area contributed by atoms with Crippen LogP contribution in [0.2, 0.25) is 20.1 Å². The Morgan fingerprint density at radius 2 is 1.67 bits per heavy atom. The van der Waals surface area contributed by atoms with Gasteiger partial charge in [0, 0.05) is 21.3 Å². The summed E-state index contributed by atoms with van der Waals surface area (Å²) >= 11 is 23.8. The summed E-state index contributed by atoms with van der Waals surface area (Å²) < 4.78 is 5.16. The van der Waals surface area contributed by atoms with Crippen molar-refractivity contribution in [3.8, 4) is 0 Å². The highest BCUT2D eigenvalue weighted by molar-refractivity contribution is 6.44. The van der Waals surface area contributed by atoms with Crippen molar-refractivity contribution in [1.82, 2.24) is 0 Å². The lowest BCUT2D eigenvalue weighted by molar-refractivity contribution is 0.0473. The maximum absolute atomic E-state index is 12.1. The number of ether oxygens (including phenoxy) is 1. The molecular formula is C14H9Cl4NO2. The number of carbonyl (C=O) groups excluding carboxylic acids is 1. The SMILES string of the molecule is Nc1cc(Cl)c(Cl)c(C(=O)OCc2c(Cl)cccc2Cl)c1. The van der Waals surface area contributed by atoms with Gasteiger partial charge in [0.05, 0.1) is 15.6 Å². The van der Waals surface area contributed by atoms with E-state index in [0.717, 1.165) is 0 Å². The van der Waals surface area contributed by atoms with Crippen LogP contribution in [0.15, 0.2) is 30.3 Å². The fourth-order valence-corrected chi connectivity index (χ4v) is 2.56. The molecule has 2 aromatic rings. The quantitative estimate of drug-likeness (QED) is 0.598. The van der Waals surface area contributed by atoms with E-state index in [4.69, 9.17) is 56.9 Å². The normalized spacial score (nSPS) is 10.5. The second-order valence-electron chi connectivity index (χ2n) is 4.14. The Bertz CT molecular complexity index is 683. The first-order valence-electron chi connectivity index (χ1n) is 5.74. The van der Waals surface area contributed by atoms with Gasteiger partial charge >= 0.3 is 5.97 Å². The number of rotatable bonds is 3. The highest BCUT2D eigenvalue weighted by Crippen LogP contribution is 2.30. The van der Waals surface area contributed by atoms with Crippen molar-refractivity contribution < 1.29 is 9.53 Å². The van der Waals surface area contributed by atoms with Crippen LogP contribution in [0.25, 0.3) is 0 Å². The Hall–Kier alpha value is -1.13. The molecule has 0 bridgehead atoms. The lowest BCUT2D eigenvalue weighted by Gasteiger charge is -2.10. The molecule has 21 heavy (non-hydrogen) atoms. The molecular weight excluding hydrogens is 356 g/mol. The molecule has 3 nitrogen and oxygen atoms in total. The Labute approximate surface area is 141 Å². The van der Waals surface area contributed by atoms with Crippen molar-refractivity contribution in [3.63, 3.8) is 0 Å². The zero-order valence-electron chi connectivity index (χ0n) is 10.5. The van der Waals surface area contributed by atoms with E-state index in [2.05, 4.69) is 0 Å². The lowest BCUT2D eigenvalue weighted by Crippen LogP contribution is -2.07. The van der Waals surface area contributed by atoms with Gasteiger partial charge in [0.2, 0.25) is 0 Å². The van der Waals surface area contributed by atoms with Gasteiger partial charge in [-0.25, -0.2) is 4.79 Å². The Kier molecular flexibility index (Phi) is 5.22. The van der Waals surface area contributed by atoms with Crippen LogP contribution in [-0.2, 0) is 11.3 Å². The van der Waals surface area contributed by atoms with E-state index in [1.165, 1.54) is 12.1 Å². The van der Waals surface area contributed by atoms with E-state index in [0.29, 0.717) is 21.3 Å². The fraction of sp³-hybridized carbons (Fsp3) is 0.0714. The van der Waals surface area contributed by atoms with E-state index >= 15 is 0 Å². The first kappa shape index (κ1) is 16.2. The zero-order valence-corrected chi connectivity index (χ0v) is 13.5. The third kappa shape index (κ3) is 3.74. The van der Waals surface area contributed by atoms with Crippen LogP contribution in [0.4, 0.5) is 5.69 Å². The summed E-state index contributed by atoms with van der Waals surface area (Å²) in [4.78, 5) is 12.1. The van der Waals surface area contributed by atoms with Crippen molar-refractivity contribution >= 4 is 58.1 Å². The van der Waals surface area contributed by atoms with E-state index in [-0.39, 0.29) is 22.2 Å². The van der Waals surface area contributed by atoms with Gasteiger partial charge in [0.15, 0.2) is 0 Å². The molecule has 0 spiro atoms. The summed E-state index contributed by atoms with van der Waals surface area (Å²) in [6.07, 6.45) is 0. The molecule has 2 N–H and O–H groups in total. The molecule has 0 aliphatic carbocycles. The number of halogens is 4. The maximum atomic E-state index is 12.1. The second-order valence-corrected chi connectivity index (χ2v) is 5.74. The summed E-state index contributed by atoms with van der Waals surface area (Å²) in [6.45, 7) is -0.0832. The highest BCUT2D eigenvalue weighted by Gasteiger charge is 2.17. The third-order valence-electron chi connectivity index (χ3n) is 2.68. The van der Waals surface area contributed by atoms with Crippen LogP contribution >= 0.6 is 46.4 Å². The Morgan fingerprint density at radius 3 is 2.29 bits per heavy atom. The minimum atomic E-state index is -0.662. The van der Waals surface area contributed by atoms with Crippen molar-refractivity contribution in [2.45, 2.75) is 6.61 Å². The molecule has 2 aromatic carbocycles. The number of nitrogen functional groups attached to an aromatic ring is 1. The molecule has 0 heterocycles. The van der Waals surface area contributed by atoms with Crippen LogP contribution < -0.4 is 5.73 Å². The summed E-state index contributed by atoms with van der Waals surface area (Å²) in [6, 6.07) is 7.85. The van der Waals surface area contributed by atoms with Gasteiger partial charge in [-0.05, 0) is 24.3 Å².